The summed E-state index contributed by atoms with van der Waals surface area (Å²) in [6.07, 6.45) is 1.12. The fraction of sp³-hybridized carbons (Fsp3) is 0.750. The van der Waals surface area contributed by atoms with Gasteiger partial charge in [-0.05, 0) is 26.4 Å². The largest absolute Gasteiger partial charge is 0.360 e. The molecule has 4 nitrogen and oxygen atoms in total. The van der Waals surface area contributed by atoms with Crippen molar-refractivity contribution in [2.24, 2.45) is 0 Å². The van der Waals surface area contributed by atoms with Gasteiger partial charge >= 0.3 is 0 Å². The molecule has 1 aromatic rings. The average molecular weight is 200 g/mol. The van der Waals surface area contributed by atoms with E-state index in [1.807, 2.05) is 6.92 Å². The number of rotatable bonds is 6. The first-order valence-corrected chi connectivity index (χ1v) is 5.35. The number of hydrogen-bond donors (Lipinski definition) is 2. The molecule has 0 saturated carbocycles. The number of anilines is 1. The molecular weight excluding hydrogens is 184 g/mol. The van der Waals surface area contributed by atoms with E-state index in [1.165, 1.54) is 11.5 Å². The number of aromatic nitrogens is 2. The van der Waals surface area contributed by atoms with Crippen molar-refractivity contribution in [2.75, 3.05) is 25.0 Å². The molecule has 13 heavy (non-hydrogen) atoms. The van der Waals surface area contributed by atoms with E-state index in [4.69, 9.17) is 0 Å². The molecule has 0 atom stereocenters. The molecule has 1 heterocycles. The van der Waals surface area contributed by atoms with Crippen molar-refractivity contribution >= 4 is 16.7 Å². The lowest BCUT2D eigenvalue weighted by atomic mass is 10.4. The Labute approximate surface area is 82.9 Å². The summed E-state index contributed by atoms with van der Waals surface area (Å²) < 4.78 is 4.08. The molecule has 0 saturated heterocycles. The lowest BCUT2D eigenvalue weighted by Gasteiger charge is -2.01. The predicted molar refractivity (Wildman–Crippen MR) is 56.3 cm³/mol. The third kappa shape index (κ3) is 4.19. The Morgan fingerprint density at radius 3 is 2.85 bits per heavy atom. The van der Waals surface area contributed by atoms with Gasteiger partial charge in [0.25, 0.3) is 0 Å². The highest BCUT2D eigenvalue weighted by Gasteiger charge is 1.97. The summed E-state index contributed by atoms with van der Waals surface area (Å²) in [7, 11) is 0. The highest BCUT2D eigenvalue weighted by molar-refractivity contribution is 7.09. The Kier molecular flexibility index (Phi) is 4.70. The highest BCUT2D eigenvalue weighted by Crippen LogP contribution is 2.09. The maximum atomic E-state index is 4.20. The predicted octanol–water partition coefficient (Wildman–Crippen LogP) is 1.26. The van der Waals surface area contributed by atoms with E-state index >= 15 is 0 Å². The molecule has 0 aliphatic heterocycles. The van der Waals surface area contributed by atoms with Crippen LogP contribution in [-0.4, -0.2) is 29.0 Å². The quantitative estimate of drug-likeness (QED) is 0.679. The lowest BCUT2D eigenvalue weighted by Crippen LogP contribution is -2.17. The highest BCUT2D eigenvalue weighted by atomic mass is 32.1. The minimum Gasteiger partial charge on any atom is -0.360 e. The lowest BCUT2D eigenvalue weighted by molar-refractivity contribution is 0.688. The molecule has 0 unspecified atom stereocenters. The van der Waals surface area contributed by atoms with Gasteiger partial charge in [0.2, 0.25) is 5.13 Å². The van der Waals surface area contributed by atoms with Crippen LogP contribution in [-0.2, 0) is 0 Å². The first-order valence-electron chi connectivity index (χ1n) is 4.58. The van der Waals surface area contributed by atoms with Gasteiger partial charge < -0.3 is 10.6 Å². The molecule has 1 aromatic heterocycles. The summed E-state index contributed by atoms with van der Waals surface area (Å²) in [5.74, 6) is 0.846. The van der Waals surface area contributed by atoms with Crippen molar-refractivity contribution in [1.29, 1.82) is 0 Å². The van der Waals surface area contributed by atoms with Crippen LogP contribution in [0.4, 0.5) is 5.13 Å². The van der Waals surface area contributed by atoms with Gasteiger partial charge in [0.15, 0.2) is 0 Å². The van der Waals surface area contributed by atoms with Gasteiger partial charge in [0.1, 0.15) is 5.82 Å². The number of aryl methyl sites for hydroxylation is 1. The van der Waals surface area contributed by atoms with Gasteiger partial charge in [-0.3, -0.25) is 0 Å². The number of hydrogen-bond acceptors (Lipinski definition) is 5. The van der Waals surface area contributed by atoms with Crippen molar-refractivity contribution in [2.45, 2.75) is 20.3 Å². The molecule has 0 spiro atoms. The number of nitrogens with one attached hydrogen (secondary N) is 2. The summed E-state index contributed by atoms with van der Waals surface area (Å²) >= 11 is 1.42. The van der Waals surface area contributed by atoms with Gasteiger partial charge in [0, 0.05) is 18.1 Å². The average Bonchev–Trinajstić information content (AvgIpc) is 2.51. The van der Waals surface area contributed by atoms with E-state index in [2.05, 4.69) is 26.9 Å². The van der Waals surface area contributed by atoms with E-state index in [9.17, 15) is 0 Å². The van der Waals surface area contributed by atoms with E-state index in [0.717, 1.165) is 37.0 Å². The van der Waals surface area contributed by atoms with Crippen molar-refractivity contribution in [3.8, 4) is 0 Å². The maximum absolute atomic E-state index is 4.20. The zero-order chi connectivity index (χ0) is 9.52. The molecule has 2 N–H and O–H groups in total. The number of nitrogens with zero attached hydrogens (tertiary/aromatic N) is 2. The Hall–Kier alpha value is -0.680. The Morgan fingerprint density at radius 2 is 2.23 bits per heavy atom. The third-order valence-corrected chi connectivity index (χ3v) is 2.35. The van der Waals surface area contributed by atoms with Crippen LogP contribution in [0.1, 0.15) is 19.2 Å². The molecule has 74 valence electrons. The van der Waals surface area contributed by atoms with Crippen molar-refractivity contribution in [3.63, 3.8) is 0 Å². The second-order valence-corrected chi connectivity index (χ2v) is 3.53. The zero-order valence-electron chi connectivity index (χ0n) is 8.13. The van der Waals surface area contributed by atoms with Gasteiger partial charge in [-0.2, -0.15) is 4.37 Å². The van der Waals surface area contributed by atoms with E-state index in [-0.39, 0.29) is 0 Å². The van der Waals surface area contributed by atoms with Crippen molar-refractivity contribution in [1.82, 2.24) is 14.7 Å². The van der Waals surface area contributed by atoms with Crippen LogP contribution < -0.4 is 10.6 Å². The normalized spacial score (nSPS) is 10.3. The Bertz CT molecular complexity index is 236. The van der Waals surface area contributed by atoms with Crippen molar-refractivity contribution in [3.05, 3.63) is 5.82 Å². The molecule has 0 radical (unpaired) electrons. The Morgan fingerprint density at radius 1 is 1.38 bits per heavy atom. The van der Waals surface area contributed by atoms with Crippen LogP contribution in [0.3, 0.4) is 0 Å². The monoisotopic (exact) mass is 200 g/mol. The van der Waals surface area contributed by atoms with Crippen LogP contribution in [0.15, 0.2) is 0 Å². The second-order valence-electron chi connectivity index (χ2n) is 2.78. The van der Waals surface area contributed by atoms with Gasteiger partial charge in [-0.25, -0.2) is 4.98 Å². The summed E-state index contributed by atoms with van der Waals surface area (Å²) in [5, 5.41) is 7.42. The molecular formula is C8H16N4S. The summed E-state index contributed by atoms with van der Waals surface area (Å²) in [6.45, 7) is 7.07. The Balaban J connectivity index is 2.06. The summed E-state index contributed by atoms with van der Waals surface area (Å²) in [4.78, 5) is 4.20. The van der Waals surface area contributed by atoms with Crippen LogP contribution in [0, 0.1) is 6.92 Å². The molecule has 0 aliphatic rings. The van der Waals surface area contributed by atoms with Crippen LogP contribution >= 0.6 is 11.5 Å². The van der Waals surface area contributed by atoms with Gasteiger partial charge in [-0.1, -0.05) is 6.92 Å². The van der Waals surface area contributed by atoms with E-state index in [0.29, 0.717) is 0 Å². The van der Waals surface area contributed by atoms with E-state index < -0.39 is 0 Å². The minimum atomic E-state index is 0.846. The molecule has 1 rings (SSSR count). The third-order valence-electron chi connectivity index (χ3n) is 1.58. The fourth-order valence-electron chi connectivity index (χ4n) is 0.954. The molecule has 0 bridgehead atoms. The molecule has 0 aromatic carbocycles. The first-order chi connectivity index (χ1) is 6.33. The molecule has 0 fully saturated rings. The van der Waals surface area contributed by atoms with E-state index in [1.54, 1.807) is 0 Å². The first kappa shape index (κ1) is 10.4. The van der Waals surface area contributed by atoms with Gasteiger partial charge in [-0.15, -0.1) is 0 Å². The summed E-state index contributed by atoms with van der Waals surface area (Å²) in [6, 6.07) is 0. The van der Waals surface area contributed by atoms with Crippen LogP contribution in [0.25, 0.3) is 0 Å². The maximum Gasteiger partial charge on any atom is 0.202 e. The minimum absolute atomic E-state index is 0.846. The van der Waals surface area contributed by atoms with Gasteiger partial charge in [0.05, 0.1) is 0 Å². The zero-order valence-corrected chi connectivity index (χ0v) is 8.95. The topological polar surface area (TPSA) is 49.8 Å². The van der Waals surface area contributed by atoms with Crippen molar-refractivity contribution < 1.29 is 0 Å². The summed E-state index contributed by atoms with van der Waals surface area (Å²) in [5.41, 5.74) is 0. The van der Waals surface area contributed by atoms with Crippen LogP contribution in [0.5, 0.6) is 0 Å². The molecule has 0 amide bonds. The second kappa shape index (κ2) is 5.88. The molecule has 5 heteroatoms. The fourth-order valence-corrected chi connectivity index (χ4v) is 1.55. The molecule has 0 aliphatic carbocycles. The SMILES string of the molecule is CCNCCCNc1nc(C)ns1. The smallest absolute Gasteiger partial charge is 0.202 e. The standard InChI is InChI=1S/C8H16N4S/c1-3-9-5-4-6-10-8-11-7(2)12-13-8/h9H,3-6H2,1-2H3,(H,10,11,12). The van der Waals surface area contributed by atoms with Crippen LogP contribution in [0.2, 0.25) is 0 Å².